The Morgan fingerprint density at radius 2 is 1.55 bits per heavy atom. The minimum Gasteiger partial charge on any atom is -0.325 e. The normalized spacial score (nSPS) is 13.9. The third kappa shape index (κ3) is 6.54. The second-order valence-electron chi connectivity index (χ2n) is 10.0. The van der Waals surface area contributed by atoms with Crippen molar-refractivity contribution in [3.8, 4) is 22.5 Å². The summed E-state index contributed by atoms with van der Waals surface area (Å²) in [4.78, 5) is 12.8. The van der Waals surface area contributed by atoms with E-state index in [2.05, 4.69) is 87.7 Å². The molecule has 0 aliphatic heterocycles. The molecule has 3 aromatic carbocycles. The lowest BCUT2D eigenvalue weighted by molar-refractivity contribution is -0.113. The van der Waals surface area contributed by atoms with Gasteiger partial charge in [-0.25, -0.2) is 0 Å². The van der Waals surface area contributed by atoms with Crippen LogP contribution in [0.5, 0.6) is 0 Å². The van der Waals surface area contributed by atoms with E-state index in [1.54, 1.807) is 0 Å². The van der Waals surface area contributed by atoms with Gasteiger partial charge in [0, 0.05) is 17.3 Å². The molecule has 0 atom stereocenters. The fraction of sp³-hybridized carbons (Fsp3) is 0.344. The average molecular weight is 525 g/mol. The van der Waals surface area contributed by atoms with E-state index in [1.807, 2.05) is 18.2 Å². The molecule has 1 aliphatic rings. The van der Waals surface area contributed by atoms with Crippen LogP contribution in [0.1, 0.15) is 63.5 Å². The van der Waals surface area contributed by atoms with Crippen LogP contribution in [-0.4, -0.2) is 26.4 Å². The number of nitrogens with one attached hydrogen (secondary N) is 1. The van der Waals surface area contributed by atoms with Gasteiger partial charge in [-0.15, -0.1) is 10.2 Å². The zero-order valence-electron chi connectivity index (χ0n) is 22.1. The minimum absolute atomic E-state index is 0.0248. The predicted octanol–water partition coefficient (Wildman–Crippen LogP) is 8.19. The summed E-state index contributed by atoms with van der Waals surface area (Å²) in [6.07, 6.45) is 9.40. The Labute approximate surface area is 230 Å². The van der Waals surface area contributed by atoms with E-state index in [0.29, 0.717) is 11.8 Å². The summed E-state index contributed by atoms with van der Waals surface area (Å²) < 4.78 is 2.29. The van der Waals surface area contributed by atoms with Crippen molar-refractivity contribution in [2.45, 2.75) is 69.5 Å². The van der Waals surface area contributed by atoms with Gasteiger partial charge in [-0.2, -0.15) is 0 Å². The summed E-state index contributed by atoms with van der Waals surface area (Å²) in [5, 5.41) is 13.0. The first-order valence-corrected chi connectivity index (χ1v) is 14.8. The van der Waals surface area contributed by atoms with Gasteiger partial charge in [-0.05, 0) is 54.5 Å². The summed E-state index contributed by atoms with van der Waals surface area (Å²) in [5.74, 6) is 1.17. The van der Waals surface area contributed by atoms with Crippen LogP contribution in [0.25, 0.3) is 22.5 Å². The Bertz CT molecular complexity index is 1310. The number of aromatic nitrogens is 3. The third-order valence-electron chi connectivity index (χ3n) is 7.24. The van der Waals surface area contributed by atoms with Gasteiger partial charge in [-0.3, -0.25) is 9.36 Å². The first kappa shape index (κ1) is 26.2. The number of aryl methyl sites for hydroxylation is 1. The number of benzene rings is 3. The predicted molar refractivity (Wildman–Crippen MR) is 157 cm³/mol. The zero-order chi connectivity index (χ0) is 26.2. The molecule has 1 heterocycles. The second-order valence-corrected chi connectivity index (χ2v) is 11.0. The number of carbonyl (C=O) groups excluding carboxylic acids is 1. The number of anilines is 1. The second kappa shape index (κ2) is 12.9. The van der Waals surface area contributed by atoms with Gasteiger partial charge < -0.3 is 5.32 Å². The molecule has 0 radical (unpaired) electrons. The van der Waals surface area contributed by atoms with Crippen LogP contribution in [-0.2, 0) is 11.2 Å². The lowest BCUT2D eigenvalue weighted by Gasteiger charge is -2.25. The fourth-order valence-corrected chi connectivity index (χ4v) is 5.95. The fourth-order valence-electron chi connectivity index (χ4n) is 5.15. The van der Waals surface area contributed by atoms with E-state index in [1.165, 1.54) is 60.6 Å². The molecule has 1 aliphatic carbocycles. The van der Waals surface area contributed by atoms with E-state index in [4.69, 9.17) is 0 Å². The molecule has 5 rings (SSSR count). The van der Waals surface area contributed by atoms with Gasteiger partial charge in [0.25, 0.3) is 0 Å². The van der Waals surface area contributed by atoms with Crippen LogP contribution in [0.4, 0.5) is 5.69 Å². The van der Waals surface area contributed by atoms with E-state index < -0.39 is 0 Å². The Kier molecular flexibility index (Phi) is 8.92. The molecule has 0 bridgehead atoms. The molecule has 5 nitrogen and oxygen atoms in total. The number of hydrogen-bond donors (Lipinski definition) is 1. The average Bonchev–Trinajstić information content (AvgIpc) is 3.41. The van der Waals surface area contributed by atoms with Crippen LogP contribution in [0, 0.1) is 0 Å². The Balaban J connectivity index is 1.30. The molecule has 0 saturated heterocycles. The molecule has 1 N–H and O–H groups in total. The van der Waals surface area contributed by atoms with Gasteiger partial charge in [-0.1, -0.05) is 111 Å². The summed E-state index contributed by atoms with van der Waals surface area (Å²) in [6, 6.07) is 27.5. The van der Waals surface area contributed by atoms with Crippen LogP contribution in [0.2, 0.25) is 0 Å². The van der Waals surface area contributed by atoms with Crippen LogP contribution >= 0.6 is 11.8 Å². The van der Waals surface area contributed by atoms with Crippen LogP contribution < -0.4 is 5.32 Å². The smallest absolute Gasteiger partial charge is 0.234 e. The first-order valence-electron chi connectivity index (χ1n) is 13.8. The SMILES string of the molecule is CCCCc1ccc(NC(=O)CSc2nnc(-c3ccc(-c4ccccc4)cc3)n2C2CCCCC2)cc1. The Hall–Kier alpha value is -3.38. The van der Waals surface area contributed by atoms with Gasteiger partial charge in [0.15, 0.2) is 11.0 Å². The Morgan fingerprint density at radius 1 is 0.868 bits per heavy atom. The van der Waals surface area contributed by atoms with E-state index in [-0.39, 0.29) is 5.91 Å². The largest absolute Gasteiger partial charge is 0.325 e. The van der Waals surface area contributed by atoms with Crippen molar-refractivity contribution in [3.63, 3.8) is 0 Å². The maximum Gasteiger partial charge on any atom is 0.234 e. The number of amides is 1. The van der Waals surface area contributed by atoms with Crippen molar-refractivity contribution in [2.75, 3.05) is 11.1 Å². The van der Waals surface area contributed by atoms with Crippen molar-refractivity contribution in [1.29, 1.82) is 0 Å². The highest BCUT2D eigenvalue weighted by molar-refractivity contribution is 7.99. The topological polar surface area (TPSA) is 59.8 Å². The van der Waals surface area contributed by atoms with Gasteiger partial charge in [0.1, 0.15) is 0 Å². The number of carbonyl (C=O) groups is 1. The van der Waals surface area contributed by atoms with E-state index >= 15 is 0 Å². The molecular weight excluding hydrogens is 488 g/mol. The molecule has 1 saturated carbocycles. The molecule has 4 aromatic rings. The Morgan fingerprint density at radius 3 is 2.26 bits per heavy atom. The number of hydrogen-bond acceptors (Lipinski definition) is 4. The molecule has 0 unspecified atom stereocenters. The molecule has 6 heteroatoms. The lowest BCUT2D eigenvalue weighted by atomic mass is 9.95. The maximum atomic E-state index is 12.8. The molecular formula is C32H36N4OS. The van der Waals surface area contributed by atoms with Crippen LogP contribution in [0.3, 0.4) is 0 Å². The number of thioether (sulfide) groups is 1. The highest BCUT2D eigenvalue weighted by Crippen LogP contribution is 2.36. The first-order chi connectivity index (χ1) is 18.7. The summed E-state index contributed by atoms with van der Waals surface area (Å²) in [5.41, 5.74) is 5.59. The standard InChI is InChI=1S/C32H36N4OS/c1-2-3-10-24-15-21-28(22-16-24)33-30(37)23-38-32-35-34-31(36(32)29-13-8-5-9-14-29)27-19-17-26(18-20-27)25-11-6-4-7-12-25/h4,6-7,11-12,15-22,29H,2-3,5,8-10,13-14,23H2,1H3,(H,33,37). The van der Waals surface area contributed by atoms with Crippen molar-refractivity contribution in [3.05, 3.63) is 84.4 Å². The maximum absolute atomic E-state index is 12.8. The number of rotatable bonds is 10. The molecule has 0 spiro atoms. The molecule has 38 heavy (non-hydrogen) atoms. The van der Waals surface area contributed by atoms with Gasteiger partial charge >= 0.3 is 0 Å². The van der Waals surface area contributed by atoms with Crippen molar-refractivity contribution in [2.24, 2.45) is 0 Å². The monoisotopic (exact) mass is 524 g/mol. The van der Waals surface area contributed by atoms with Crippen molar-refractivity contribution >= 4 is 23.4 Å². The highest BCUT2D eigenvalue weighted by atomic mass is 32.2. The molecule has 196 valence electrons. The third-order valence-corrected chi connectivity index (χ3v) is 8.19. The van der Waals surface area contributed by atoms with Crippen molar-refractivity contribution < 1.29 is 4.79 Å². The molecule has 1 aromatic heterocycles. The van der Waals surface area contributed by atoms with E-state index in [9.17, 15) is 4.79 Å². The number of nitrogens with zero attached hydrogens (tertiary/aromatic N) is 3. The van der Waals surface area contributed by atoms with Gasteiger partial charge in [0.05, 0.1) is 5.75 Å². The molecule has 1 fully saturated rings. The zero-order valence-corrected chi connectivity index (χ0v) is 22.9. The minimum atomic E-state index is -0.0248. The van der Waals surface area contributed by atoms with Crippen LogP contribution in [0.15, 0.2) is 84.0 Å². The summed E-state index contributed by atoms with van der Waals surface area (Å²) in [6.45, 7) is 2.20. The van der Waals surface area contributed by atoms with Crippen molar-refractivity contribution in [1.82, 2.24) is 14.8 Å². The lowest BCUT2D eigenvalue weighted by Crippen LogP contribution is -2.17. The highest BCUT2D eigenvalue weighted by Gasteiger charge is 2.24. The summed E-state index contributed by atoms with van der Waals surface area (Å²) >= 11 is 1.48. The quantitative estimate of drug-likeness (QED) is 0.212. The van der Waals surface area contributed by atoms with E-state index in [0.717, 1.165) is 41.5 Å². The summed E-state index contributed by atoms with van der Waals surface area (Å²) in [7, 11) is 0. The van der Waals surface area contributed by atoms with Gasteiger partial charge in [0.2, 0.25) is 5.91 Å². The number of unbranched alkanes of at least 4 members (excludes halogenated alkanes) is 1. The molecule has 1 amide bonds.